The molecule has 1 atom stereocenters. The number of benzene rings is 1. The van der Waals surface area contributed by atoms with E-state index in [-0.39, 0.29) is 24.4 Å². The Hall–Kier alpha value is -1.37. The summed E-state index contributed by atoms with van der Waals surface area (Å²) < 4.78 is 2.87. The van der Waals surface area contributed by atoms with Crippen molar-refractivity contribution in [1.82, 2.24) is 20.4 Å². The molecule has 0 radical (unpaired) electrons. The average Bonchev–Trinajstić information content (AvgIpc) is 3.00. The van der Waals surface area contributed by atoms with Gasteiger partial charge in [-0.1, -0.05) is 22.9 Å². The van der Waals surface area contributed by atoms with Crippen molar-refractivity contribution >= 4 is 34.2 Å². The molecule has 3 rings (SSSR count). The first-order chi connectivity index (χ1) is 11.2. The van der Waals surface area contributed by atoms with Crippen LogP contribution in [-0.2, 0) is 6.42 Å². The van der Waals surface area contributed by atoms with Gasteiger partial charge in [0.1, 0.15) is 0 Å². The molecule has 2 N–H and O–H groups in total. The third-order valence-electron chi connectivity index (χ3n) is 4.15. The first-order valence-electron chi connectivity index (χ1n) is 8.03. The molecule has 1 fully saturated rings. The van der Waals surface area contributed by atoms with Crippen LogP contribution >= 0.6 is 28.3 Å². The fraction of sp³-hybridized carbons (Fsp3) is 0.412. The molecule has 2 heterocycles. The van der Waals surface area contributed by atoms with Gasteiger partial charge in [-0.15, -0.1) is 12.4 Å². The summed E-state index contributed by atoms with van der Waals surface area (Å²) in [7, 11) is 0. The van der Waals surface area contributed by atoms with Crippen LogP contribution in [0.2, 0.25) is 0 Å². The van der Waals surface area contributed by atoms with Gasteiger partial charge in [0.15, 0.2) is 0 Å². The lowest BCUT2D eigenvalue weighted by Crippen LogP contribution is -2.45. The molecule has 1 amide bonds. The molecule has 5 nitrogen and oxygen atoms in total. The van der Waals surface area contributed by atoms with Crippen molar-refractivity contribution in [2.75, 3.05) is 13.1 Å². The smallest absolute Gasteiger partial charge is 0.255 e. The lowest BCUT2D eigenvalue weighted by Gasteiger charge is -2.23. The average molecular weight is 414 g/mol. The van der Waals surface area contributed by atoms with Crippen molar-refractivity contribution in [3.05, 3.63) is 46.2 Å². The second-order valence-electron chi connectivity index (χ2n) is 5.76. The van der Waals surface area contributed by atoms with Crippen LogP contribution in [0.25, 0.3) is 5.69 Å². The second kappa shape index (κ2) is 8.65. The first-order valence-corrected chi connectivity index (χ1v) is 8.82. The van der Waals surface area contributed by atoms with Gasteiger partial charge in [0, 0.05) is 17.1 Å². The molecule has 1 aliphatic heterocycles. The summed E-state index contributed by atoms with van der Waals surface area (Å²) in [5, 5.41) is 10.9. The van der Waals surface area contributed by atoms with Gasteiger partial charge < -0.3 is 10.6 Å². The van der Waals surface area contributed by atoms with Gasteiger partial charge in [-0.25, -0.2) is 4.68 Å². The normalized spacial score (nSPS) is 17.2. The van der Waals surface area contributed by atoms with Crippen LogP contribution in [0, 0.1) is 0 Å². The highest BCUT2D eigenvalue weighted by Crippen LogP contribution is 2.18. The highest BCUT2D eigenvalue weighted by atomic mass is 79.9. The van der Waals surface area contributed by atoms with E-state index in [4.69, 9.17) is 0 Å². The highest BCUT2D eigenvalue weighted by Gasteiger charge is 2.21. The third-order valence-corrected chi connectivity index (χ3v) is 4.68. The first kappa shape index (κ1) is 19.0. The summed E-state index contributed by atoms with van der Waals surface area (Å²) in [5.74, 6) is -0.0288. The van der Waals surface area contributed by atoms with Crippen LogP contribution in [0.4, 0.5) is 0 Å². The SMILES string of the molecule is CCc1c(C(=O)N[C@H]2CCCNC2)cnn1-c1ccc(Br)cc1.Cl. The van der Waals surface area contributed by atoms with E-state index in [0.29, 0.717) is 5.56 Å². The molecule has 7 heteroatoms. The number of halogens is 2. The van der Waals surface area contributed by atoms with Gasteiger partial charge in [0.05, 0.1) is 23.1 Å². The number of aromatic nitrogens is 2. The number of carbonyl (C=O) groups excluding carboxylic acids is 1. The van der Waals surface area contributed by atoms with Gasteiger partial charge in [-0.3, -0.25) is 4.79 Å². The number of hydrogen-bond donors (Lipinski definition) is 2. The van der Waals surface area contributed by atoms with Crippen molar-refractivity contribution in [2.24, 2.45) is 0 Å². The van der Waals surface area contributed by atoms with E-state index in [1.807, 2.05) is 35.9 Å². The van der Waals surface area contributed by atoms with E-state index in [0.717, 1.165) is 48.2 Å². The fourth-order valence-electron chi connectivity index (χ4n) is 2.95. The molecule has 0 aliphatic carbocycles. The van der Waals surface area contributed by atoms with Gasteiger partial charge in [0.2, 0.25) is 0 Å². The van der Waals surface area contributed by atoms with E-state index in [1.165, 1.54) is 0 Å². The number of rotatable bonds is 4. The van der Waals surface area contributed by atoms with Crippen LogP contribution in [0.15, 0.2) is 34.9 Å². The fourth-order valence-corrected chi connectivity index (χ4v) is 3.21. The molecule has 0 saturated carbocycles. The Balaban J connectivity index is 0.00000208. The molecule has 1 aromatic heterocycles. The molecular formula is C17H22BrClN4O. The van der Waals surface area contributed by atoms with E-state index < -0.39 is 0 Å². The van der Waals surface area contributed by atoms with Crippen LogP contribution in [-0.4, -0.2) is 34.8 Å². The van der Waals surface area contributed by atoms with Crippen LogP contribution in [0.1, 0.15) is 35.8 Å². The van der Waals surface area contributed by atoms with Crippen molar-refractivity contribution in [2.45, 2.75) is 32.2 Å². The highest BCUT2D eigenvalue weighted by molar-refractivity contribution is 9.10. The minimum absolute atomic E-state index is 0. The zero-order chi connectivity index (χ0) is 16.2. The van der Waals surface area contributed by atoms with Crippen molar-refractivity contribution in [3.63, 3.8) is 0 Å². The summed E-state index contributed by atoms with van der Waals surface area (Å²) in [5.41, 5.74) is 2.57. The van der Waals surface area contributed by atoms with E-state index in [1.54, 1.807) is 6.20 Å². The standard InChI is InChI=1S/C17H21BrN4O.ClH/c1-2-16-15(17(23)21-13-4-3-9-19-10-13)11-20-22(16)14-7-5-12(18)6-8-14;/h5-8,11,13,19H,2-4,9-10H2,1H3,(H,21,23);1H/t13-;/m0./s1. The van der Waals surface area contributed by atoms with Crippen molar-refractivity contribution < 1.29 is 4.79 Å². The Labute approximate surface area is 156 Å². The van der Waals surface area contributed by atoms with Gasteiger partial charge in [-0.2, -0.15) is 5.10 Å². The summed E-state index contributed by atoms with van der Waals surface area (Å²) >= 11 is 3.44. The summed E-state index contributed by atoms with van der Waals surface area (Å²) in [6.45, 7) is 3.92. The van der Waals surface area contributed by atoms with Gasteiger partial charge >= 0.3 is 0 Å². The minimum atomic E-state index is -0.0288. The van der Waals surface area contributed by atoms with Crippen LogP contribution in [0.5, 0.6) is 0 Å². The Morgan fingerprint density at radius 1 is 1.42 bits per heavy atom. The largest absolute Gasteiger partial charge is 0.348 e. The Kier molecular flexibility index (Phi) is 6.83. The molecular weight excluding hydrogens is 392 g/mol. The predicted molar refractivity (Wildman–Crippen MR) is 101 cm³/mol. The molecule has 1 aliphatic rings. The monoisotopic (exact) mass is 412 g/mol. The van der Waals surface area contributed by atoms with E-state index >= 15 is 0 Å². The molecule has 1 saturated heterocycles. The maximum absolute atomic E-state index is 12.6. The molecule has 2 aromatic rings. The summed E-state index contributed by atoms with van der Waals surface area (Å²) in [6, 6.07) is 8.14. The number of nitrogens with zero attached hydrogens (tertiary/aromatic N) is 2. The molecule has 1 aromatic carbocycles. The Morgan fingerprint density at radius 3 is 2.79 bits per heavy atom. The third kappa shape index (κ3) is 4.18. The maximum atomic E-state index is 12.6. The van der Waals surface area contributed by atoms with E-state index in [9.17, 15) is 4.79 Å². The Morgan fingerprint density at radius 2 is 2.17 bits per heavy atom. The molecule has 0 unspecified atom stereocenters. The Bertz CT molecular complexity index is 680. The number of carbonyl (C=O) groups is 1. The molecule has 0 bridgehead atoms. The van der Waals surface area contributed by atoms with Gasteiger partial charge in [0.25, 0.3) is 5.91 Å². The molecule has 130 valence electrons. The van der Waals surface area contributed by atoms with Gasteiger partial charge in [-0.05, 0) is 50.1 Å². The minimum Gasteiger partial charge on any atom is -0.348 e. The quantitative estimate of drug-likeness (QED) is 0.810. The second-order valence-corrected chi connectivity index (χ2v) is 6.68. The van der Waals surface area contributed by atoms with Crippen LogP contribution < -0.4 is 10.6 Å². The lowest BCUT2D eigenvalue weighted by atomic mass is 10.1. The number of hydrogen-bond acceptors (Lipinski definition) is 3. The number of nitrogens with one attached hydrogen (secondary N) is 2. The summed E-state index contributed by atoms with van der Waals surface area (Å²) in [6.07, 6.45) is 4.55. The van der Waals surface area contributed by atoms with Crippen molar-refractivity contribution in [1.29, 1.82) is 0 Å². The molecule has 0 spiro atoms. The predicted octanol–water partition coefficient (Wildman–Crippen LogP) is 3.10. The maximum Gasteiger partial charge on any atom is 0.255 e. The number of piperidine rings is 1. The topological polar surface area (TPSA) is 59.0 Å². The van der Waals surface area contributed by atoms with E-state index in [2.05, 4.69) is 31.7 Å². The van der Waals surface area contributed by atoms with Crippen LogP contribution in [0.3, 0.4) is 0 Å². The zero-order valence-electron chi connectivity index (χ0n) is 13.6. The summed E-state index contributed by atoms with van der Waals surface area (Å²) in [4.78, 5) is 12.6. The van der Waals surface area contributed by atoms with Crippen molar-refractivity contribution in [3.8, 4) is 5.69 Å². The zero-order valence-corrected chi connectivity index (χ0v) is 16.0. The number of amides is 1. The molecule has 24 heavy (non-hydrogen) atoms. The lowest BCUT2D eigenvalue weighted by molar-refractivity contribution is 0.0929.